The molecule has 0 heterocycles. The van der Waals surface area contributed by atoms with E-state index < -0.39 is 11.7 Å². The number of alkyl halides is 3. The average molecular weight is 233 g/mol. The molecule has 1 N–H and O–H groups in total. The first-order valence-corrected chi connectivity index (χ1v) is 4.82. The topological polar surface area (TPSA) is 21.3 Å². The third-order valence-electron chi connectivity index (χ3n) is 2.46. The van der Waals surface area contributed by atoms with Gasteiger partial charge in [-0.2, -0.15) is 13.2 Å². The van der Waals surface area contributed by atoms with Crippen LogP contribution in [-0.2, 0) is 6.18 Å². The molecule has 1 aromatic carbocycles. The highest BCUT2D eigenvalue weighted by Crippen LogP contribution is 2.34. The molecule has 0 aliphatic carbocycles. The molecular formula is C11H14F3NO. The number of rotatable bonds is 3. The first-order chi connectivity index (χ1) is 7.40. The number of nitrogens with one attached hydrogen (secondary N) is 1. The predicted octanol–water partition coefficient (Wildman–Crippen LogP) is 2.99. The molecule has 0 aliphatic heterocycles. The summed E-state index contributed by atoms with van der Waals surface area (Å²) >= 11 is 0. The molecule has 90 valence electrons. The minimum atomic E-state index is -4.34. The van der Waals surface area contributed by atoms with Crippen molar-refractivity contribution >= 4 is 0 Å². The molecule has 0 amide bonds. The lowest BCUT2D eigenvalue weighted by Crippen LogP contribution is -2.14. The summed E-state index contributed by atoms with van der Waals surface area (Å²) < 4.78 is 42.3. The van der Waals surface area contributed by atoms with Crippen molar-refractivity contribution in [2.24, 2.45) is 0 Å². The first-order valence-electron chi connectivity index (χ1n) is 4.82. The van der Waals surface area contributed by atoms with E-state index in [1.54, 1.807) is 7.05 Å². The first kappa shape index (κ1) is 12.8. The molecule has 1 rings (SSSR count). The number of ether oxygens (including phenoxy) is 1. The largest absolute Gasteiger partial charge is 0.496 e. The maximum absolute atomic E-state index is 12.4. The third-order valence-corrected chi connectivity index (χ3v) is 2.46. The summed E-state index contributed by atoms with van der Waals surface area (Å²) in [5, 5.41) is 2.95. The van der Waals surface area contributed by atoms with E-state index in [2.05, 4.69) is 5.32 Å². The van der Waals surface area contributed by atoms with Crippen LogP contribution in [0, 0.1) is 0 Å². The van der Waals surface area contributed by atoms with Crippen molar-refractivity contribution in [2.45, 2.75) is 19.1 Å². The summed E-state index contributed by atoms with van der Waals surface area (Å²) in [5.41, 5.74) is 0.00871. The monoisotopic (exact) mass is 233 g/mol. The Balaban J connectivity index is 3.17. The maximum Gasteiger partial charge on any atom is 0.416 e. The second-order valence-electron chi connectivity index (χ2n) is 3.46. The summed E-state index contributed by atoms with van der Waals surface area (Å²) in [6.45, 7) is 1.85. The van der Waals surface area contributed by atoms with Crippen molar-refractivity contribution in [1.29, 1.82) is 0 Å². The summed E-state index contributed by atoms with van der Waals surface area (Å²) in [4.78, 5) is 0. The van der Waals surface area contributed by atoms with Crippen molar-refractivity contribution in [3.63, 3.8) is 0 Å². The summed E-state index contributed by atoms with van der Waals surface area (Å²) in [6.07, 6.45) is -4.34. The fourth-order valence-electron chi connectivity index (χ4n) is 1.40. The Hall–Kier alpha value is -1.23. The molecule has 1 atom stereocenters. The molecular weight excluding hydrogens is 219 g/mol. The van der Waals surface area contributed by atoms with Gasteiger partial charge in [-0.15, -0.1) is 0 Å². The molecule has 2 nitrogen and oxygen atoms in total. The maximum atomic E-state index is 12.4. The smallest absolute Gasteiger partial charge is 0.416 e. The summed E-state index contributed by atoms with van der Waals surface area (Å²) in [6, 6.07) is 3.45. The van der Waals surface area contributed by atoms with Gasteiger partial charge in [0.05, 0.1) is 12.7 Å². The lowest BCUT2D eigenvalue weighted by Gasteiger charge is -2.16. The van der Waals surface area contributed by atoms with Crippen molar-refractivity contribution in [3.05, 3.63) is 29.3 Å². The molecule has 0 bridgehead atoms. The van der Waals surface area contributed by atoms with Crippen LogP contribution < -0.4 is 10.1 Å². The van der Waals surface area contributed by atoms with Gasteiger partial charge in [0, 0.05) is 11.6 Å². The highest BCUT2D eigenvalue weighted by Gasteiger charge is 2.31. The summed E-state index contributed by atoms with van der Waals surface area (Å²) in [5.74, 6) is 0.247. The van der Waals surface area contributed by atoms with Gasteiger partial charge in [0.2, 0.25) is 0 Å². The molecule has 0 aliphatic rings. The highest BCUT2D eigenvalue weighted by atomic mass is 19.4. The number of halogens is 3. The molecule has 5 heteroatoms. The lowest BCUT2D eigenvalue weighted by atomic mass is 10.0. The van der Waals surface area contributed by atoms with Gasteiger partial charge in [-0.05, 0) is 26.1 Å². The Bertz CT molecular complexity index is 363. The zero-order valence-corrected chi connectivity index (χ0v) is 9.35. The number of hydrogen-bond acceptors (Lipinski definition) is 2. The molecule has 0 saturated carbocycles. The van der Waals surface area contributed by atoms with E-state index in [1.807, 2.05) is 6.92 Å². The van der Waals surface area contributed by atoms with E-state index in [0.29, 0.717) is 5.56 Å². The van der Waals surface area contributed by atoms with Crippen LogP contribution >= 0.6 is 0 Å². The molecule has 0 spiro atoms. The van der Waals surface area contributed by atoms with Crippen LogP contribution in [-0.4, -0.2) is 14.2 Å². The molecule has 0 saturated heterocycles. The van der Waals surface area contributed by atoms with Gasteiger partial charge in [0.1, 0.15) is 5.75 Å². The van der Waals surface area contributed by atoms with Crippen LogP contribution in [0.2, 0.25) is 0 Å². The highest BCUT2D eigenvalue weighted by molar-refractivity contribution is 5.40. The predicted molar refractivity (Wildman–Crippen MR) is 55.5 cm³/mol. The SMILES string of the molecule is CN[C@H](C)c1ccc(C(F)(F)F)cc1OC. The average Bonchev–Trinajstić information content (AvgIpc) is 2.26. The van der Waals surface area contributed by atoms with Gasteiger partial charge < -0.3 is 10.1 Å². The van der Waals surface area contributed by atoms with Gasteiger partial charge >= 0.3 is 6.18 Å². The van der Waals surface area contributed by atoms with Crippen molar-refractivity contribution in [2.75, 3.05) is 14.2 Å². The van der Waals surface area contributed by atoms with Crippen LogP contribution in [0.1, 0.15) is 24.1 Å². The Kier molecular flexibility index (Phi) is 3.80. The fraction of sp³-hybridized carbons (Fsp3) is 0.455. The molecule has 0 fully saturated rings. The van der Waals surface area contributed by atoms with E-state index in [9.17, 15) is 13.2 Å². The zero-order valence-electron chi connectivity index (χ0n) is 9.35. The molecule has 0 aromatic heterocycles. The van der Waals surface area contributed by atoms with Crippen LogP contribution in [0.3, 0.4) is 0 Å². The Morgan fingerprint density at radius 2 is 1.94 bits per heavy atom. The van der Waals surface area contributed by atoms with Crippen LogP contribution in [0.25, 0.3) is 0 Å². The van der Waals surface area contributed by atoms with Crippen LogP contribution in [0.5, 0.6) is 5.75 Å². The fourth-order valence-corrected chi connectivity index (χ4v) is 1.40. The van der Waals surface area contributed by atoms with E-state index in [0.717, 1.165) is 12.1 Å². The third kappa shape index (κ3) is 2.66. The quantitative estimate of drug-likeness (QED) is 0.866. The van der Waals surface area contributed by atoms with Gasteiger partial charge in [0.25, 0.3) is 0 Å². The Morgan fingerprint density at radius 1 is 1.31 bits per heavy atom. The van der Waals surface area contributed by atoms with Crippen molar-refractivity contribution in [1.82, 2.24) is 5.32 Å². The van der Waals surface area contributed by atoms with Crippen molar-refractivity contribution < 1.29 is 17.9 Å². The lowest BCUT2D eigenvalue weighted by molar-refractivity contribution is -0.137. The minimum Gasteiger partial charge on any atom is -0.496 e. The number of hydrogen-bond donors (Lipinski definition) is 1. The van der Waals surface area contributed by atoms with Gasteiger partial charge in [-0.25, -0.2) is 0 Å². The van der Waals surface area contributed by atoms with E-state index in [-0.39, 0.29) is 11.8 Å². The normalized spacial score (nSPS) is 13.6. The second-order valence-corrected chi connectivity index (χ2v) is 3.46. The molecule has 0 unspecified atom stereocenters. The second kappa shape index (κ2) is 4.74. The summed E-state index contributed by atoms with van der Waals surface area (Å²) in [7, 11) is 3.10. The minimum absolute atomic E-state index is 0.0581. The van der Waals surface area contributed by atoms with Crippen LogP contribution in [0.15, 0.2) is 18.2 Å². The van der Waals surface area contributed by atoms with E-state index >= 15 is 0 Å². The van der Waals surface area contributed by atoms with Gasteiger partial charge in [0.15, 0.2) is 0 Å². The zero-order chi connectivity index (χ0) is 12.3. The molecule has 1 aromatic rings. The molecule has 0 radical (unpaired) electrons. The van der Waals surface area contributed by atoms with Gasteiger partial charge in [-0.3, -0.25) is 0 Å². The van der Waals surface area contributed by atoms with Gasteiger partial charge in [-0.1, -0.05) is 6.07 Å². The van der Waals surface area contributed by atoms with E-state index in [4.69, 9.17) is 4.74 Å². The number of methoxy groups -OCH3 is 1. The Labute approximate surface area is 92.4 Å². The standard InChI is InChI=1S/C11H14F3NO/c1-7(15-2)9-5-4-8(11(12,13)14)6-10(9)16-3/h4-7,15H,1-3H3/t7-/m1/s1. The van der Waals surface area contributed by atoms with E-state index in [1.165, 1.54) is 13.2 Å². The van der Waals surface area contributed by atoms with Crippen LogP contribution in [0.4, 0.5) is 13.2 Å². The number of benzene rings is 1. The van der Waals surface area contributed by atoms with Crippen molar-refractivity contribution in [3.8, 4) is 5.75 Å². The molecule has 16 heavy (non-hydrogen) atoms. The Morgan fingerprint density at radius 3 is 2.38 bits per heavy atom.